The number of aromatic hydroxyl groups is 4. The van der Waals surface area contributed by atoms with Crippen LogP contribution in [0.3, 0.4) is 0 Å². The monoisotopic (exact) mass is 668 g/mol. The number of nitrogen functional groups attached to an aromatic ring is 1. The van der Waals surface area contributed by atoms with E-state index in [0.717, 1.165) is 11.1 Å². The van der Waals surface area contributed by atoms with Gasteiger partial charge in [-0.2, -0.15) is 0 Å². The molecule has 0 amide bonds. The normalized spacial score (nSPS) is 11.8. The van der Waals surface area contributed by atoms with Crippen LogP contribution in [0.4, 0.5) is 5.69 Å². The van der Waals surface area contributed by atoms with Crippen LogP contribution < -0.4 is 5.73 Å². The number of phenols is 4. The predicted molar refractivity (Wildman–Crippen MR) is 208 cm³/mol. The van der Waals surface area contributed by atoms with Crippen molar-refractivity contribution in [1.29, 1.82) is 0 Å². The maximum atomic E-state index is 9.21. The minimum absolute atomic E-state index is 0.00514. The highest BCUT2D eigenvalue weighted by Gasteiger charge is 2.18. The average molecular weight is 669 g/mol. The van der Waals surface area contributed by atoms with Crippen LogP contribution >= 0.6 is 0 Å². The van der Waals surface area contributed by atoms with Gasteiger partial charge in [0, 0.05) is 17.1 Å². The minimum Gasteiger partial charge on any atom is -0.508 e. The number of hydrogen-bond donors (Lipinski definition) is 6. The van der Waals surface area contributed by atoms with Gasteiger partial charge in [0.2, 0.25) is 0 Å². The molecule has 6 nitrogen and oxygen atoms in total. The average Bonchev–Trinajstić information content (AvgIpc) is 3.39. The van der Waals surface area contributed by atoms with Crippen LogP contribution in [0, 0.1) is 6.92 Å². The smallest absolute Gasteiger partial charge is 0.157 e. The van der Waals surface area contributed by atoms with Crippen LogP contribution in [0.15, 0.2) is 85.1 Å². The summed E-state index contributed by atoms with van der Waals surface area (Å²) < 4.78 is 0. The Morgan fingerprint density at radius 1 is 0.490 bits per heavy atom. The fourth-order valence-corrected chi connectivity index (χ4v) is 4.83. The first-order valence-electron chi connectivity index (χ1n) is 16.8. The Labute approximate surface area is 294 Å². The number of rotatable bonds is 0. The fraction of sp³-hybridized carbons (Fsp3) is 0.395. The zero-order valence-corrected chi connectivity index (χ0v) is 31.9. The van der Waals surface area contributed by atoms with Crippen LogP contribution in [0.1, 0.15) is 111 Å². The number of aryl methyl sites for hydroxylation is 1. The minimum atomic E-state index is -0.0667. The highest BCUT2D eigenvalue weighted by atomic mass is 16.3. The second-order valence-electron chi connectivity index (χ2n) is 16.8. The summed E-state index contributed by atoms with van der Waals surface area (Å²) in [6.07, 6.45) is 2.13. The lowest BCUT2D eigenvalue weighted by Crippen LogP contribution is -2.11. The van der Waals surface area contributed by atoms with Crippen LogP contribution in [-0.4, -0.2) is 25.4 Å². The van der Waals surface area contributed by atoms with Crippen molar-refractivity contribution in [1.82, 2.24) is 4.98 Å². The molecule has 5 aromatic rings. The van der Waals surface area contributed by atoms with E-state index in [0.29, 0.717) is 11.4 Å². The molecule has 0 bridgehead atoms. The maximum absolute atomic E-state index is 9.21. The molecule has 0 radical (unpaired) electrons. The van der Waals surface area contributed by atoms with Gasteiger partial charge >= 0.3 is 0 Å². The molecular weight excluding hydrogens is 608 g/mol. The molecule has 7 N–H and O–H groups in total. The number of nitrogens with two attached hydrogens (primary N) is 1. The molecule has 6 heteroatoms. The van der Waals surface area contributed by atoms with Crippen molar-refractivity contribution in [3.05, 3.63) is 113 Å². The Morgan fingerprint density at radius 2 is 0.959 bits per heavy atom. The first kappa shape index (κ1) is 40.6. The number of aromatic amines is 1. The summed E-state index contributed by atoms with van der Waals surface area (Å²) >= 11 is 0. The second-order valence-corrected chi connectivity index (χ2v) is 16.8. The van der Waals surface area contributed by atoms with Crippen LogP contribution in [0.2, 0.25) is 0 Å². The molecule has 0 atom stereocenters. The van der Waals surface area contributed by atoms with Gasteiger partial charge in [0.05, 0.1) is 5.69 Å². The number of fused-ring (bicyclic) bond motifs is 1. The molecular formula is C43H60N2O4. The van der Waals surface area contributed by atoms with Crippen molar-refractivity contribution in [2.45, 2.75) is 112 Å². The molecule has 5 rings (SSSR count). The van der Waals surface area contributed by atoms with Crippen molar-refractivity contribution < 1.29 is 20.4 Å². The van der Waals surface area contributed by atoms with Crippen molar-refractivity contribution >= 4 is 16.6 Å². The number of nitrogens with one attached hydrogen (secondary N) is 1. The summed E-state index contributed by atoms with van der Waals surface area (Å²) in [6.45, 7) is 27.8. The quantitative estimate of drug-likeness (QED) is 0.0724. The zero-order chi connectivity index (χ0) is 37.5. The standard InChI is InChI=1S/C13H17N.C10H15NO.C10H14O2.C10H14O/c1-9-5-6-12-10(7-9)11(8-14-12)13(2,3)4;1-10(2,3)7-4-5-9(12)8(11)6-7;1-10(2,3)7-4-5-8(11)9(12)6-7;1-10(2,3)8-4-6-9(11)7-5-8/h5-8,14H,1-4H3;4-6,12H,11H2,1-3H3;4-6,11-12H,1-3H3;4-7,11H,1-3H3. The second kappa shape index (κ2) is 15.8. The topological polar surface area (TPSA) is 123 Å². The summed E-state index contributed by atoms with van der Waals surface area (Å²) in [4.78, 5) is 3.32. The molecule has 0 fully saturated rings. The zero-order valence-electron chi connectivity index (χ0n) is 31.9. The Kier molecular flexibility index (Phi) is 13.1. The fourth-order valence-electron chi connectivity index (χ4n) is 4.83. The molecule has 0 aliphatic carbocycles. The predicted octanol–water partition coefficient (Wildman–Crippen LogP) is 11.1. The number of benzene rings is 4. The molecule has 0 aliphatic heterocycles. The van der Waals surface area contributed by atoms with Crippen molar-refractivity contribution in [3.8, 4) is 23.0 Å². The van der Waals surface area contributed by atoms with E-state index in [9.17, 15) is 10.2 Å². The van der Waals surface area contributed by atoms with E-state index in [1.807, 2.05) is 30.3 Å². The Balaban J connectivity index is 0.000000228. The van der Waals surface area contributed by atoms with Gasteiger partial charge in [-0.25, -0.2) is 0 Å². The number of H-pyrrole nitrogens is 1. The first-order valence-corrected chi connectivity index (χ1v) is 16.8. The Bertz CT molecular complexity index is 1730. The Morgan fingerprint density at radius 3 is 1.41 bits per heavy atom. The molecule has 0 aliphatic rings. The number of aromatic nitrogens is 1. The van der Waals surface area contributed by atoms with Gasteiger partial charge in [-0.05, 0) is 99.4 Å². The van der Waals surface area contributed by atoms with E-state index in [1.54, 1.807) is 24.3 Å². The third kappa shape index (κ3) is 12.4. The van der Waals surface area contributed by atoms with Crippen molar-refractivity contribution in [2.24, 2.45) is 0 Å². The molecule has 0 saturated heterocycles. The van der Waals surface area contributed by atoms with Crippen molar-refractivity contribution in [3.63, 3.8) is 0 Å². The molecule has 1 heterocycles. The molecule has 1 aromatic heterocycles. The largest absolute Gasteiger partial charge is 0.508 e. The maximum Gasteiger partial charge on any atom is 0.157 e. The Hall–Kier alpha value is -4.58. The highest BCUT2D eigenvalue weighted by molar-refractivity contribution is 5.84. The molecule has 266 valence electrons. The summed E-state index contributed by atoms with van der Waals surface area (Å²) in [5.74, 6) is 0.367. The summed E-state index contributed by atoms with van der Waals surface area (Å²) in [5, 5.41) is 37.8. The van der Waals surface area contributed by atoms with E-state index in [2.05, 4.69) is 119 Å². The molecule has 0 spiro atoms. The van der Waals surface area contributed by atoms with Crippen LogP contribution in [0.5, 0.6) is 23.0 Å². The highest BCUT2D eigenvalue weighted by Crippen LogP contribution is 2.32. The lowest BCUT2D eigenvalue weighted by molar-refractivity contribution is 0.401. The lowest BCUT2D eigenvalue weighted by atomic mass is 9.86. The summed E-state index contributed by atoms with van der Waals surface area (Å²) in [6, 6.07) is 24.2. The van der Waals surface area contributed by atoms with Gasteiger partial charge in [-0.1, -0.05) is 119 Å². The third-order valence-electron chi connectivity index (χ3n) is 8.11. The molecule has 4 aromatic carbocycles. The molecule has 0 unspecified atom stereocenters. The summed E-state index contributed by atoms with van der Waals surface area (Å²) in [7, 11) is 0. The van der Waals surface area contributed by atoms with Gasteiger partial charge in [0.25, 0.3) is 0 Å². The van der Waals surface area contributed by atoms with Gasteiger partial charge in [-0.3, -0.25) is 0 Å². The molecule has 0 saturated carbocycles. The van der Waals surface area contributed by atoms with E-state index < -0.39 is 0 Å². The van der Waals surface area contributed by atoms with Gasteiger partial charge in [-0.15, -0.1) is 0 Å². The van der Waals surface area contributed by atoms with Gasteiger partial charge < -0.3 is 31.1 Å². The third-order valence-corrected chi connectivity index (χ3v) is 8.11. The van der Waals surface area contributed by atoms with Gasteiger partial charge in [0.15, 0.2) is 11.5 Å². The first-order chi connectivity index (χ1) is 22.3. The van der Waals surface area contributed by atoms with E-state index in [-0.39, 0.29) is 38.9 Å². The van der Waals surface area contributed by atoms with E-state index in [1.165, 1.54) is 33.7 Å². The number of hydrogen-bond acceptors (Lipinski definition) is 5. The SMILES string of the molecule is CC(C)(C)c1ccc(O)c(N)c1.CC(C)(C)c1ccc(O)c(O)c1.CC(C)(C)c1ccc(O)cc1.Cc1ccc2[nH]cc(C(C)(C)C)c2c1. The molecule has 49 heavy (non-hydrogen) atoms. The van der Waals surface area contributed by atoms with Gasteiger partial charge in [0.1, 0.15) is 11.5 Å². The lowest BCUT2D eigenvalue weighted by Gasteiger charge is -2.19. The van der Waals surface area contributed by atoms with E-state index in [4.69, 9.17) is 15.9 Å². The number of anilines is 1. The van der Waals surface area contributed by atoms with Crippen molar-refractivity contribution in [2.75, 3.05) is 5.73 Å². The van der Waals surface area contributed by atoms with E-state index >= 15 is 0 Å². The van der Waals surface area contributed by atoms with Crippen LogP contribution in [0.25, 0.3) is 10.9 Å². The number of phenolic OH excluding ortho intramolecular Hbond substituents is 4. The summed E-state index contributed by atoms with van der Waals surface area (Å²) in [5.41, 5.74) is 13.8. The van der Waals surface area contributed by atoms with Crippen LogP contribution in [-0.2, 0) is 21.7 Å².